The Hall–Kier alpha value is -1.99. The minimum atomic E-state index is -0.868. The van der Waals surface area contributed by atoms with Crippen LogP contribution in [0.3, 0.4) is 0 Å². The van der Waals surface area contributed by atoms with E-state index >= 15 is 0 Å². The lowest BCUT2D eigenvalue weighted by molar-refractivity contribution is -0.148. The fourth-order valence-electron chi connectivity index (χ4n) is 3.69. The number of amides is 1. The zero-order valence-electron chi connectivity index (χ0n) is 13.5. The van der Waals surface area contributed by atoms with Crippen LogP contribution in [-0.2, 0) is 9.59 Å². The second-order valence-electron chi connectivity index (χ2n) is 6.75. The normalized spacial score (nSPS) is 30.3. The topological polar surface area (TPSA) is 81.7 Å². The second kappa shape index (κ2) is 6.86. The lowest BCUT2D eigenvalue weighted by Crippen LogP contribution is -2.48. The molecular weight excluding hydrogens is 313 g/mol. The van der Waals surface area contributed by atoms with E-state index in [1.165, 1.54) is 6.07 Å². The number of carboxylic acids is 1. The fraction of sp³-hybridized carbons (Fsp3) is 0.529. The molecule has 130 valence electrons. The highest BCUT2D eigenvalue weighted by Gasteiger charge is 2.40. The van der Waals surface area contributed by atoms with E-state index in [2.05, 4.69) is 10.9 Å². The summed E-state index contributed by atoms with van der Waals surface area (Å²) in [5.74, 6) is -2.20. The van der Waals surface area contributed by atoms with Gasteiger partial charge in [0.1, 0.15) is 5.82 Å². The van der Waals surface area contributed by atoms with E-state index in [9.17, 15) is 19.1 Å². The maximum Gasteiger partial charge on any atom is 0.308 e. The van der Waals surface area contributed by atoms with Gasteiger partial charge in [0.15, 0.2) is 0 Å². The van der Waals surface area contributed by atoms with Gasteiger partial charge in [0.25, 0.3) is 0 Å². The number of carboxylic acid groups (broad SMARTS) is 1. The van der Waals surface area contributed by atoms with Crippen LogP contribution in [0, 0.1) is 23.6 Å². The molecule has 0 aromatic heterocycles. The van der Waals surface area contributed by atoms with Gasteiger partial charge in [-0.2, -0.15) is 0 Å². The second-order valence-corrected chi connectivity index (χ2v) is 6.75. The van der Waals surface area contributed by atoms with Crippen LogP contribution in [0.5, 0.6) is 0 Å². The average molecular weight is 335 g/mol. The average Bonchev–Trinajstić information content (AvgIpc) is 3.03. The first-order chi connectivity index (χ1) is 11.5. The van der Waals surface area contributed by atoms with Crippen LogP contribution in [0.25, 0.3) is 0 Å². The highest BCUT2D eigenvalue weighted by molar-refractivity contribution is 5.81. The lowest BCUT2D eigenvalue weighted by atomic mass is 9.88. The molecule has 4 atom stereocenters. The monoisotopic (exact) mass is 335 g/mol. The summed E-state index contributed by atoms with van der Waals surface area (Å²) in [6.45, 7) is 3.11. The fourth-order valence-corrected chi connectivity index (χ4v) is 3.69. The van der Waals surface area contributed by atoms with Gasteiger partial charge in [-0.15, -0.1) is 0 Å². The molecule has 0 bridgehead atoms. The number of nitrogens with one attached hydrogen (secondary N) is 2. The predicted molar refractivity (Wildman–Crippen MR) is 85.3 cm³/mol. The maximum atomic E-state index is 14.1. The van der Waals surface area contributed by atoms with Crippen molar-refractivity contribution in [1.29, 1.82) is 0 Å². The summed E-state index contributed by atoms with van der Waals surface area (Å²) >= 11 is 0. The van der Waals surface area contributed by atoms with Crippen LogP contribution in [-0.4, -0.2) is 41.5 Å². The molecule has 0 aliphatic carbocycles. The van der Waals surface area contributed by atoms with Gasteiger partial charge in [-0.05, 0) is 18.4 Å². The number of benzene rings is 1. The van der Waals surface area contributed by atoms with Crippen LogP contribution in [0.2, 0.25) is 0 Å². The molecule has 1 amide bonds. The molecule has 3 rings (SSSR count). The Morgan fingerprint density at radius 2 is 2.04 bits per heavy atom. The van der Waals surface area contributed by atoms with Gasteiger partial charge in [0.2, 0.25) is 5.91 Å². The number of aliphatic carboxylic acids is 1. The molecule has 0 spiro atoms. The minimum absolute atomic E-state index is 0.126. The summed E-state index contributed by atoms with van der Waals surface area (Å²) in [6, 6.07) is 5.93. The summed E-state index contributed by atoms with van der Waals surface area (Å²) in [7, 11) is 0. The third kappa shape index (κ3) is 3.27. The van der Waals surface area contributed by atoms with Gasteiger partial charge < -0.3 is 10.0 Å². The van der Waals surface area contributed by atoms with E-state index in [-0.39, 0.29) is 24.2 Å². The van der Waals surface area contributed by atoms with Crippen molar-refractivity contribution in [3.63, 3.8) is 0 Å². The van der Waals surface area contributed by atoms with Crippen molar-refractivity contribution in [3.05, 3.63) is 35.6 Å². The van der Waals surface area contributed by atoms with Crippen molar-refractivity contribution >= 4 is 11.9 Å². The highest BCUT2D eigenvalue weighted by Crippen LogP contribution is 2.30. The number of hydrazine groups is 1. The molecule has 2 saturated heterocycles. The third-order valence-electron chi connectivity index (χ3n) is 4.86. The van der Waals surface area contributed by atoms with E-state index in [0.717, 1.165) is 0 Å². The van der Waals surface area contributed by atoms with Crippen molar-refractivity contribution < 1.29 is 19.1 Å². The molecule has 2 aliphatic heterocycles. The quantitative estimate of drug-likeness (QED) is 0.772. The molecule has 1 aromatic carbocycles. The van der Waals surface area contributed by atoms with Crippen LogP contribution in [0.15, 0.2) is 24.3 Å². The molecule has 0 saturated carbocycles. The maximum absolute atomic E-state index is 14.1. The van der Waals surface area contributed by atoms with Crippen molar-refractivity contribution in [1.82, 2.24) is 15.8 Å². The number of piperidine rings is 1. The molecule has 3 N–H and O–H groups in total. The lowest BCUT2D eigenvalue weighted by Gasteiger charge is -2.36. The van der Waals surface area contributed by atoms with E-state index in [4.69, 9.17) is 0 Å². The van der Waals surface area contributed by atoms with Crippen LogP contribution >= 0.6 is 0 Å². The standard InChI is InChI=1S/C17H22FN3O3/c1-10-6-11(17(23)24)9-21(8-10)16(22)13-7-19-20-15(13)12-4-2-3-5-14(12)18/h2-5,10-11,13,15,19-20H,6-9H2,1H3,(H,23,24). The Morgan fingerprint density at radius 1 is 1.29 bits per heavy atom. The zero-order valence-corrected chi connectivity index (χ0v) is 13.5. The molecular formula is C17H22FN3O3. The minimum Gasteiger partial charge on any atom is -0.481 e. The van der Waals surface area contributed by atoms with E-state index in [0.29, 0.717) is 25.1 Å². The highest BCUT2D eigenvalue weighted by atomic mass is 19.1. The number of nitrogens with zero attached hydrogens (tertiary/aromatic N) is 1. The van der Waals surface area contributed by atoms with Gasteiger partial charge >= 0.3 is 5.97 Å². The summed E-state index contributed by atoms with van der Waals surface area (Å²) in [6.07, 6.45) is 0.580. The molecule has 1 aromatic rings. The van der Waals surface area contributed by atoms with E-state index in [1.807, 2.05) is 6.92 Å². The molecule has 24 heavy (non-hydrogen) atoms. The number of rotatable bonds is 3. The van der Waals surface area contributed by atoms with E-state index in [1.54, 1.807) is 23.1 Å². The van der Waals surface area contributed by atoms with Crippen molar-refractivity contribution in [3.8, 4) is 0 Å². The summed E-state index contributed by atoms with van der Waals surface area (Å²) in [5.41, 5.74) is 6.35. The van der Waals surface area contributed by atoms with Crippen molar-refractivity contribution in [2.45, 2.75) is 19.4 Å². The molecule has 6 nitrogen and oxygen atoms in total. The molecule has 2 aliphatic rings. The van der Waals surface area contributed by atoms with Gasteiger partial charge in [-0.25, -0.2) is 9.82 Å². The number of carbonyl (C=O) groups excluding carboxylic acids is 1. The molecule has 2 heterocycles. The Labute approximate surface area is 140 Å². The number of hydrogen-bond donors (Lipinski definition) is 3. The first kappa shape index (κ1) is 16.9. The third-order valence-corrected chi connectivity index (χ3v) is 4.86. The molecule has 2 fully saturated rings. The number of likely N-dealkylation sites (tertiary alicyclic amines) is 1. The Balaban J connectivity index is 1.78. The molecule has 7 heteroatoms. The SMILES string of the molecule is CC1CC(C(=O)O)CN(C(=O)C2CNNC2c2ccccc2F)C1. The summed E-state index contributed by atoms with van der Waals surface area (Å²) in [4.78, 5) is 25.9. The van der Waals surface area contributed by atoms with Gasteiger partial charge in [0.05, 0.1) is 17.9 Å². The Kier molecular flexibility index (Phi) is 4.82. The first-order valence-electron chi connectivity index (χ1n) is 8.21. The predicted octanol–water partition coefficient (Wildman–Crippen LogP) is 1.16. The largest absolute Gasteiger partial charge is 0.481 e. The molecule has 4 unspecified atom stereocenters. The summed E-state index contributed by atoms with van der Waals surface area (Å²) < 4.78 is 14.1. The number of carbonyl (C=O) groups is 2. The van der Waals surface area contributed by atoms with Crippen LogP contribution in [0.4, 0.5) is 4.39 Å². The van der Waals surface area contributed by atoms with Crippen LogP contribution < -0.4 is 10.9 Å². The van der Waals surface area contributed by atoms with E-state index < -0.39 is 23.8 Å². The van der Waals surface area contributed by atoms with Crippen LogP contribution in [0.1, 0.15) is 24.9 Å². The number of hydrogen-bond acceptors (Lipinski definition) is 4. The smallest absolute Gasteiger partial charge is 0.308 e. The first-order valence-corrected chi connectivity index (χ1v) is 8.21. The summed E-state index contributed by atoms with van der Waals surface area (Å²) in [5, 5.41) is 9.28. The van der Waals surface area contributed by atoms with Gasteiger partial charge in [-0.3, -0.25) is 15.0 Å². The Bertz CT molecular complexity index is 639. The Morgan fingerprint density at radius 3 is 2.75 bits per heavy atom. The van der Waals surface area contributed by atoms with Gasteiger partial charge in [-0.1, -0.05) is 25.1 Å². The zero-order chi connectivity index (χ0) is 17.3. The number of halogens is 1. The van der Waals surface area contributed by atoms with Crippen molar-refractivity contribution in [2.75, 3.05) is 19.6 Å². The van der Waals surface area contributed by atoms with Gasteiger partial charge in [0, 0.05) is 25.2 Å². The molecule has 0 radical (unpaired) electrons. The van der Waals surface area contributed by atoms with Crippen molar-refractivity contribution in [2.24, 2.45) is 17.8 Å².